The van der Waals surface area contributed by atoms with Crippen molar-refractivity contribution in [3.63, 3.8) is 0 Å². The zero-order valence-corrected chi connectivity index (χ0v) is 18.4. The van der Waals surface area contributed by atoms with E-state index in [1.807, 2.05) is 37.0 Å². The summed E-state index contributed by atoms with van der Waals surface area (Å²) in [7, 11) is 1.33. The fraction of sp³-hybridized carbons (Fsp3) is 0.478. The first-order valence-electron chi connectivity index (χ1n) is 10.6. The smallest absolute Gasteiger partial charge is 0.334 e. The van der Waals surface area contributed by atoms with E-state index >= 15 is 0 Å². The number of methoxy groups -OCH3 is 1. The molecule has 0 bridgehead atoms. The maximum atomic E-state index is 12.5. The maximum absolute atomic E-state index is 12.5. The summed E-state index contributed by atoms with van der Waals surface area (Å²) in [4.78, 5) is 26.7. The van der Waals surface area contributed by atoms with Crippen molar-refractivity contribution < 1.29 is 19.1 Å². The quantitative estimate of drug-likeness (QED) is 0.693. The molecule has 0 aromatic heterocycles. The molecule has 2 aliphatic rings. The highest BCUT2D eigenvalue weighted by Crippen LogP contribution is 2.22. The Hall–Kier alpha value is -2.64. The zero-order valence-electron chi connectivity index (χ0n) is 18.4. The first-order valence-corrected chi connectivity index (χ1v) is 10.6. The lowest BCUT2D eigenvalue weighted by atomic mass is 9.98. The summed E-state index contributed by atoms with van der Waals surface area (Å²) >= 11 is 0. The molecule has 2 N–H and O–H groups in total. The Morgan fingerprint density at radius 1 is 1.27 bits per heavy atom. The number of nitrogens with zero attached hydrogens (tertiary/aromatic N) is 1. The molecule has 0 aliphatic carbocycles. The Bertz CT molecular complexity index is 782. The molecule has 7 nitrogen and oxygen atoms in total. The molecular weight excluding hydrogens is 382 g/mol. The normalized spacial score (nSPS) is 18.7. The van der Waals surface area contributed by atoms with E-state index in [1.54, 1.807) is 6.20 Å². The molecule has 2 aliphatic heterocycles. The Kier molecular flexibility index (Phi) is 9.57. The Morgan fingerprint density at radius 3 is 2.67 bits per heavy atom. The molecule has 1 amide bonds. The van der Waals surface area contributed by atoms with Crippen LogP contribution in [0.15, 0.2) is 42.2 Å². The van der Waals surface area contributed by atoms with E-state index in [0.29, 0.717) is 18.9 Å². The van der Waals surface area contributed by atoms with E-state index in [2.05, 4.69) is 29.7 Å². The minimum atomic E-state index is -0.739. The van der Waals surface area contributed by atoms with Crippen LogP contribution in [-0.2, 0) is 25.5 Å². The van der Waals surface area contributed by atoms with E-state index in [0.717, 1.165) is 30.6 Å². The number of carbonyl (C=O) groups is 2. The first kappa shape index (κ1) is 23.6. The van der Waals surface area contributed by atoms with Crippen LogP contribution in [0.1, 0.15) is 31.9 Å². The summed E-state index contributed by atoms with van der Waals surface area (Å²) in [5, 5.41) is 5.96. The highest BCUT2D eigenvalue weighted by molar-refractivity contribution is 5.88. The minimum absolute atomic E-state index is 0.160. The Morgan fingerprint density at radius 2 is 2.00 bits per heavy atom. The van der Waals surface area contributed by atoms with Gasteiger partial charge in [-0.05, 0) is 29.2 Å². The predicted molar refractivity (Wildman–Crippen MR) is 118 cm³/mol. The van der Waals surface area contributed by atoms with E-state index in [-0.39, 0.29) is 12.5 Å². The number of rotatable bonds is 6. The number of hydrogen-bond acceptors (Lipinski definition) is 6. The lowest BCUT2D eigenvalue weighted by Gasteiger charge is -2.28. The van der Waals surface area contributed by atoms with Crippen molar-refractivity contribution in [2.75, 3.05) is 40.0 Å². The molecule has 0 spiro atoms. The van der Waals surface area contributed by atoms with Gasteiger partial charge in [-0.15, -0.1) is 0 Å². The van der Waals surface area contributed by atoms with Crippen molar-refractivity contribution in [2.24, 2.45) is 0 Å². The number of benzene rings is 1. The van der Waals surface area contributed by atoms with Crippen LogP contribution in [0.3, 0.4) is 0 Å². The Labute approximate surface area is 179 Å². The van der Waals surface area contributed by atoms with Gasteiger partial charge in [0.1, 0.15) is 0 Å². The maximum Gasteiger partial charge on any atom is 0.334 e. The highest BCUT2D eigenvalue weighted by Gasteiger charge is 2.28. The molecule has 7 heteroatoms. The number of nitrogens with one attached hydrogen (secondary N) is 2. The van der Waals surface area contributed by atoms with Crippen molar-refractivity contribution in [2.45, 2.75) is 33.2 Å². The van der Waals surface area contributed by atoms with Crippen LogP contribution in [-0.4, -0.2) is 62.8 Å². The molecule has 164 valence electrons. The summed E-state index contributed by atoms with van der Waals surface area (Å²) in [6, 6.07) is 7.46. The largest absolute Gasteiger partial charge is 0.467 e. The lowest BCUT2D eigenvalue weighted by molar-refractivity contribution is -0.141. The van der Waals surface area contributed by atoms with Crippen molar-refractivity contribution >= 4 is 17.4 Å². The highest BCUT2D eigenvalue weighted by atomic mass is 16.5. The number of esters is 1. The molecule has 1 aromatic rings. The summed E-state index contributed by atoms with van der Waals surface area (Å²) in [6.07, 6.45) is 4.56. The molecule has 0 radical (unpaired) electrons. The summed E-state index contributed by atoms with van der Waals surface area (Å²) in [5.41, 5.74) is 3.64. The molecule has 1 fully saturated rings. The van der Waals surface area contributed by atoms with E-state index in [9.17, 15) is 9.59 Å². The second-order valence-corrected chi connectivity index (χ2v) is 6.81. The SMILES string of the molecule is CC.CCc1cccc(C2=CNC(C(=O)OC)C(NC(=O)CN3CCOCC3)=C2)c1. The molecule has 1 aromatic carbocycles. The number of amides is 1. The molecule has 3 rings (SSSR count). The van der Waals surface area contributed by atoms with Gasteiger partial charge in [-0.1, -0.05) is 45.0 Å². The summed E-state index contributed by atoms with van der Waals surface area (Å²) in [6.45, 7) is 9.07. The number of aryl methyl sites for hydroxylation is 1. The predicted octanol–water partition coefficient (Wildman–Crippen LogP) is 2.09. The van der Waals surface area contributed by atoms with Gasteiger partial charge in [-0.3, -0.25) is 9.69 Å². The van der Waals surface area contributed by atoms with Gasteiger partial charge in [0.2, 0.25) is 5.91 Å². The minimum Gasteiger partial charge on any atom is -0.467 e. The van der Waals surface area contributed by atoms with Crippen LogP contribution in [0.25, 0.3) is 5.57 Å². The average molecular weight is 416 g/mol. The van der Waals surface area contributed by atoms with Crippen LogP contribution in [0.4, 0.5) is 0 Å². The average Bonchev–Trinajstić information content (AvgIpc) is 2.80. The first-order chi connectivity index (χ1) is 14.6. The fourth-order valence-corrected chi connectivity index (χ4v) is 3.28. The number of ether oxygens (including phenoxy) is 2. The van der Waals surface area contributed by atoms with Crippen molar-refractivity contribution in [1.29, 1.82) is 0 Å². The third kappa shape index (κ3) is 6.43. The monoisotopic (exact) mass is 415 g/mol. The molecule has 1 saturated heterocycles. The van der Waals surface area contributed by atoms with Gasteiger partial charge in [0.15, 0.2) is 6.04 Å². The van der Waals surface area contributed by atoms with Crippen LogP contribution >= 0.6 is 0 Å². The third-order valence-electron chi connectivity index (χ3n) is 4.89. The van der Waals surface area contributed by atoms with Crippen molar-refractivity contribution in [3.8, 4) is 0 Å². The van der Waals surface area contributed by atoms with Crippen LogP contribution in [0.5, 0.6) is 0 Å². The Balaban J connectivity index is 0.00000155. The van der Waals surface area contributed by atoms with Crippen LogP contribution in [0.2, 0.25) is 0 Å². The molecule has 1 atom stereocenters. The molecule has 0 saturated carbocycles. The molecule has 1 unspecified atom stereocenters. The van der Waals surface area contributed by atoms with Gasteiger partial charge in [0, 0.05) is 19.3 Å². The van der Waals surface area contributed by atoms with E-state index in [4.69, 9.17) is 9.47 Å². The number of dihydropyridines is 1. The van der Waals surface area contributed by atoms with Crippen LogP contribution < -0.4 is 10.6 Å². The molecule has 2 heterocycles. The summed E-state index contributed by atoms with van der Waals surface area (Å²) in [5.74, 6) is -0.608. The summed E-state index contributed by atoms with van der Waals surface area (Å²) < 4.78 is 10.2. The third-order valence-corrected chi connectivity index (χ3v) is 4.89. The number of allylic oxidation sites excluding steroid dienone is 2. The van der Waals surface area contributed by atoms with Gasteiger partial charge in [-0.2, -0.15) is 0 Å². The number of carbonyl (C=O) groups excluding carboxylic acids is 2. The lowest BCUT2D eigenvalue weighted by Crippen LogP contribution is -2.48. The standard InChI is InChI=1S/C21H27N3O4.C2H6/c1-3-15-5-4-6-16(11-15)17-12-18(20(22-13-17)21(26)27-2)23-19(25)14-24-7-9-28-10-8-24;1-2/h4-6,11-13,20,22H,3,7-10,14H2,1-2H3,(H,23,25);1-2H3. The van der Waals surface area contributed by atoms with Gasteiger partial charge >= 0.3 is 5.97 Å². The van der Waals surface area contributed by atoms with Gasteiger partial charge in [0.25, 0.3) is 0 Å². The van der Waals surface area contributed by atoms with Crippen molar-refractivity contribution in [1.82, 2.24) is 15.5 Å². The van der Waals surface area contributed by atoms with E-state index in [1.165, 1.54) is 12.7 Å². The molecule has 30 heavy (non-hydrogen) atoms. The second-order valence-electron chi connectivity index (χ2n) is 6.81. The van der Waals surface area contributed by atoms with E-state index < -0.39 is 12.0 Å². The van der Waals surface area contributed by atoms with Crippen molar-refractivity contribution in [3.05, 3.63) is 53.4 Å². The van der Waals surface area contributed by atoms with Gasteiger partial charge in [0.05, 0.1) is 32.6 Å². The second kappa shape index (κ2) is 12.1. The number of hydrogen-bond donors (Lipinski definition) is 2. The van der Waals surface area contributed by atoms with Gasteiger partial charge in [-0.25, -0.2) is 4.79 Å². The zero-order chi connectivity index (χ0) is 21.9. The van der Waals surface area contributed by atoms with Crippen LogP contribution in [0, 0.1) is 0 Å². The topological polar surface area (TPSA) is 79.9 Å². The number of morpholine rings is 1. The fourth-order valence-electron chi connectivity index (χ4n) is 3.28. The van der Waals surface area contributed by atoms with Gasteiger partial charge < -0.3 is 20.1 Å². The molecular formula is C23H33N3O4.